The van der Waals surface area contributed by atoms with Crippen LogP contribution in [0.15, 0.2) is 12.1 Å². The van der Waals surface area contributed by atoms with Gasteiger partial charge in [-0.3, -0.25) is 4.79 Å². The predicted octanol–water partition coefficient (Wildman–Crippen LogP) is 1.40. The fourth-order valence-corrected chi connectivity index (χ4v) is 2.13. The van der Waals surface area contributed by atoms with Crippen LogP contribution >= 0.6 is 23.3 Å². The Morgan fingerprint density at radius 2 is 2.33 bits per heavy atom. The van der Waals surface area contributed by atoms with E-state index in [-0.39, 0.29) is 19.0 Å². The molecule has 0 spiro atoms. The van der Waals surface area contributed by atoms with E-state index < -0.39 is 0 Å². The average Bonchev–Trinajstić information content (AvgIpc) is 2.83. The molecule has 1 heterocycles. The zero-order valence-corrected chi connectivity index (χ0v) is 10.7. The van der Waals surface area contributed by atoms with E-state index in [2.05, 4.69) is 19.4 Å². The number of carbonyl (C=O) groups is 1. The minimum atomic E-state index is -0.284. The first-order valence-corrected chi connectivity index (χ1v) is 6.11. The van der Waals surface area contributed by atoms with E-state index in [0.29, 0.717) is 16.2 Å². The summed E-state index contributed by atoms with van der Waals surface area (Å²) in [5, 5.41) is 14.1. The van der Waals surface area contributed by atoms with Gasteiger partial charge in [-0.05, 0) is 12.1 Å². The van der Waals surface area contributed by atoms with Crippen molar-refractivity contribution in [3.05, 3.63) is 17.2 Å². The van der Waals surface area contributed by atoms with E-state index in [0.717, 1.165) is 17.2 Å². The molecule has 2 N–H and O–H groups in total. The van der Waals surface area contributed by atoms with E-state index in [1.54, 1.807) is 12.1 Å². The molecule has 8 heteroatoms. The van der Waals surface area contributed by atoms with Crippen molar-refractivity contribution < 1.29 is 4.79 Å². The highest BCUT2D eigenvalue weighted by molar-refractivity contribution is 7.00. The molecule has 0 aliphatic heterocycles. The maximum Gasteiger partial charge on any atom is 0.240 e. The van der Waals surface area contributed by atoms with E-state index in [9.17, 15) is 4.79 Å². The van der Waals surface area contributed by atoms with Gasteiger partial charge in [0.2, 0.25) is 5.91 Å². The Morgan fingerprint density at radius 3 is 3.11 bits per heavy atom. The van der Waals surface area contributed by atoms with Gasteiger partial charge in [-0.1, -0.05) is 11.6 Å². The number of rotatable bonds is 4. The van der Waals surface area contributed by atoms with Gasteiger partial charge in [-0.15, -0.1) is 0 Å². The number of aromatic nitrogens is 2. The Labute approximate surface area is 112 Å². The van der Waals surface area contributed by atoms with Crippen LogP contribution in [-0.4, -0.2) is 27.7 Å². The van der Waals surface area contributed by atoms with Crippen LogP contribution in [0.2, 0.25) is 5.02 Å². The van der Waals surface area contributed by atoms with Crippen molar-refractivity contribution in [2.45, 2.75) is 0 Å². The molecule has 1 aromatic carbocycles. The third-order valence-corrected chi connectivity index (χ3v) is 3.02. The number of fused-ring (bicyclic) bond motifs is 1. The third-order valence-electron chi connectivity index (χ3n) is 2.17. The first-order chi connectivity index (χ1) is 8.72. The van der Waals surface area contributed by atoms with Crippen molar-refractivity contribution in [3.8, 4) is 6.07 Å². The standard InChI is InChI=1S/C10H8ClN5OS/c11-6-1-2-7-10(16-18-15-7)9(6)14-5-8(17)13-4-3-12/h1-2,14H,4-5H2,(H,13,17). The number of anilines is 1. The van der Waals surface area contributed by atoms with E-state index in [1.807, 2.05) is 6.07 Å². The largest absolute Gasteiger partial charge is 0.373 e. The van der Waals surface area contributed by atoms with E-state index in [1.165, 1.54) is 0 Å². The summed E-state index contributed by atoms with van der Waals surface area (Å²) in [5.74, 6) is -0.284. The highest BCUT2D eigenvalue weighted by Crippen LogP contribution is 2.29. The molecule has 18 heavy (non-hydrogen) atoms. The molecule has 0 bridgehead atoms. The lowest BCUT2D eigenvalue weighted by Gasteiger charge is -2.08. The van der Waals surface area contributed by atoms with Crippen molar-refractivity contribution >= 4 is 46.0 Å². The summed E-state index contributed by atoms with van der Waals surface area (Å²) in [6, 6.07) is 5.29. The third kappa shape index (κ3) is 2.67. The molecular weight excluding hydrogens is 274 g/mol. The maximum absolute atomic E-state index is 11.4. The summed E-state index contributed by atoms with van der Waals surface area (Å²) in [7, 11) is 0. The fourth-order valence-electron chi connectivity index (χ4n) is 1.36. The quantitative estimate of drug-likeness (QED) is 0.827. The predicted molar refractivity (Wildman–Crippen MR) is 69.5 cm³/mol. The van der Waals surface area contributed by atoms with Gasteiger partial charge in [-0.25, -0.2) is 0 Å². The number of halogens is 1. The number of carbonyl (C=O) groups excluding carboxylic acids is 1. The van der Waals surface area contributed by atoms with Crippen molar-refractivity contribution in [2.75, 3.05) is 18.4 Å². The lowest BCUT2D eigenvalue weighted by molar-refractivity contribution is -0.119. The molecule has 0 radical (unpaired) electrons. The molecule has 0 fully saturated rings. The Balaban J connectivity index is 2.12. The normalized spacial score (nSPS) is 10.0. The second-order valence-corrected chi connectivity index (χ2v) is 4.28. The summed E-state index contributed by atoms with van der Waals surface area (Å²) in [4.78, 5) is 11.4. The zero-order valence-electron chi connectivity index (χ0n) is 9.11. The van der Waals surface area contributed by atoms with Gasteiger partial charge in [0.25, 0.3) is 0 Å². The lowest BCUT2D eigenvalue weighted by Crippen LogP contribution is -2.30. The molecule has 1 amide bonds. The first kappa shape index (κ1) is 12.5. The topological polar surface area (TPSA) is 90.7 Å². The minimum absolute atomic E-state index is 0.0172. The van der Waals surface area contributed by atoms with Gasteiger partial charge in [0, 0.05) is 0 Å². The molecular formula is C10H8ClN5OS. The molecule has 0 saturated carbocycles. The molecule has 0 aliphatic rings. The number of hydrogen-bond acceptors (Lipinski definition) is 6. The molecule has 6 nitrogen and oxygen atoms in total. The van der Waals surface area contributed by atoms with Crippen LogP contribution in [0.4, 0.5) is 5.69 Å². The van der Waals surface area contributed by atoms with Gasteiger partial charge in [0.15, 0.2) is 0 Å². The molecule has 92 valence electrons. The summed E-state index contributed by atoms with van der Waals surface area (Å²) in [5.41, 5.74) is 1.94. The van der Waals surface area contributed by atoms with Crippen molar-refractivity contribution in [1.82, 2.24) is 14.1 Å². The number of nitrogens with one attached hydrogen (secondary N) is 2. The van der Waals surface area contributed by atoms with E-state index in [4.69, 9.17) is 16.9 Å². The van der Waals surface area contributed by atoms with Gasteiger partial charge in [0.05, 0.1) is 35.1 Å². The van der Waals surface area contributed by atoms with Crippen LogP contribution in [0.1, 0.15) is 0 Å². The molecule has 0 atom stereocenters. The van der Waals surface area contributed by atoms with E-state index >= 15 is 0 Å². The Kier molecular flexibility index (Phi) is 3.92. The second-order valence-electron chi connectivity index (χ2n) is 3.34. The second kappa shape index (κ2) is 5.62. The zero-order chi connectivity index (χ0) is 13.0. The average molecular weight is 282 g/mol. The lowest BCUT2D eigenvalue weighted by atomic mass is 10.2. The maximum atomic E-state index is 11.4. The van der Waals surface area contributed by atoms with Crippen LogP contribution in [-0.2, 0) is 4.79 Å². The number of amides is 1. The molecule has 0 aliphatic carbocycles. The smallest absolute Gasteiger partial charge is 0.240 e. The van der Waals surface area contributed by atoms with Gasteiger partial charge < -0.3 is 10.6 Å². The first-order valence-electron chi connectivity index (χ1n) is 5.00. The van der Waals surface area contributed by atoms with Crippen LogP contribution < -0.4 is 10.6 Å². The molecule has 1 aromatic heterocycles. The number of nitriles is 1. The Hall–Kier alpha value is -1.91. The summed E-state index contributed by atoms with van der Waals surface area (Å²) in [6.45, 7) is 0.00867. The number of nitrogens with zero attached hydrogens (tertiary/aromatic N) is 3. The molecule has 2 rings (SSSR count). The summed E-state index contributed by atoms with van der Waals surface area (Å²) in [6.07, 6.45) is 0. The number of hydrogen-bond donors (Lipinski definition) is 2. The Morgan fingerprint density at radius 1 is 1.50 bits per heavy atom. The molecule has 0 saturated heterocycles. The van der Waals surface area contributed by atoms with Gasteiger partial charge in [-0.2, -0.15) is 14.0 Å². The molecule has 0 unspecified atom stereocenters. The summed E-state index contributed by atoms with van der Waals surface area (Å²) >= 11 is 7.12. The van der Waals surface area contributed by atoms with Crippen LogP contribution in [0.3, 0.4) is 0 Å². The fraction of sp³-hybridized carbons (Fsp3) is 0.200. The van der Waals surface area contributed by atoms with Crippen LogP contribution in [0.25, 0.3) is 11.0 Å². The SMILES string of the molecule is N#CCNC(=O)CNc1c(Cl)ccc2nsnc12. The van der Waals surface area contributed by atoms with Crippen molar-refractivity contribution in [3.63, 3.8) is 0 Å². The van der Waals surface area contributed by atoms with Crippen LogP contribution in [0.5, 0.6) is 0 Å². The monoisotopic (exact) mass is 281 g/mol. The van der Waals surface area contributed by atoms with Gasteiger partial charge >= 0.3 is 0 Å². The van der Waals surface area contributed by atoms with Crippen molar-refractivity contribution in [2.24, 2.45) is 0 Å². The molecule has 2 aromatic rings. The van der Waals surface area contributed by atoms with Crippen molar-refractivity contribution in [1.29, 1.82) is 5.26 Å². The number of benzene rings is 1. The minimum Gasteiger partial charge on any atom is -0.373 e. The highest BCUT2D eigenvalue weighted by atomic mass is 35.5. The highest BCUT2D eigenvalue weighted by Gasteiger charge is 2.10. The summed E-state index contributed by atoms with van der Waals surface area (Å²) < 4.78 is 8.20. The Bertz CT molecular complexity index is 620. The van der Waals surface area contributed by atoms with Gasteiger partial charge in [0.1, 0.15) is 17.6 Å². The van der Waals surface area contributed by atoms with Crippen LogP contribution in [0, 0.1) is 11.3 Å².